The lowest BCUT2D eigenvalue weighted by Gasteiger charge is -2.27. The predicted molar refractivity (Wildman–Crippen MR) is 128 cm³/mol. The van der Waals surface area contributed by atoms with E-state index in [2.05, 4.69) is 9.97 Å². The van der Waals surface area contributed by atoms with Gasteiger partial charge in [0.1, 0.15) is 12.4 Å². The largest absolute Gasteiger partial charge is 0.464 e. The maximum atomic E-state index is 13.0. The molecule has 1 aliphatic rings. The molecule has 0 radical (unpaired) electrons. The van der Waals surface area contributed by atoms with Crippen LogP contribution >= 0.6 is 0 Å². The average molecular weight is 492 g/mol. The molecule has 4 rings (SSSR count). The molecule has 2 heterocycles. The zero-order valence-electron chi connectivity index (χ0n) is 19.8. The number of aromatic amines is 1. The monoisotopic (exact) mass is 491 g/mol. The number of esters is 2. The highest BCUT2D eigenvalue weighted by molar-refractivity contribution is 5.94. The van der Waals surface area contributed by atoms with Crippen molar-refractivity contribution in [1.29, 1.82) is 0 Å². The lowest BCUT2D eigenvalue weighted by atomic mass is 10.2. The molecular weight excluding hydrogens is 466 g/mol. The second-order valence-electron chi connectivity index (χ2n) is 8.27. The van der Waals surface area contributed by atoms with Crippen LogP contribution in [0.15, 0.2) is 65.5 Å². The highest BCUT2D eigenvalue weighted by Gasteiger charge is 2.39. The Hall–Kier alpha value is -4.47. The summed E-state index contributed by atoms with van der Waals surface area (Å²) in [6.45, 7) is 1.94. The summed E-state index contributed by atoms with van der Waals surface area (Å²) in [6.07, 6.45) is 0.539. The van der Waals surface area contributed by atoms with E-state index < -0.39 is 41.1 Å². The second kappa shape index (κ2) is 10.9. The number of rotatable bonds is 6. The van der Waals surface area contributed by atoms with Gasteiger partial charge in [0.2, 0.25) is 5.75 Å². The van der Waals surface area contributed by atoms with Gasteiger partial charge in [-0.15, -0.1) is 0 Å². The third-order valence-electron chi connectivity index (χ3n) is 5.88. The van der Waals surface area contributed by atoms with Crippen molar-refractivity contribution in [3.63, 3.8) is 0 Å². The molecule has 186 valence electrons. The molecule has 3 aromatic rings. The van der Waals surface area contributed by atoms with Crippen molar-refractivity contribution in [2.24, 2.45) is 0 Å². The number of ether oxygens (including phenoxy) is 3. The van der Waals surface area contributed by atoms with Gasteiger partial charge in [-0.25, -0.2) is 19.4 Å². The Morgan fingerprint density at radius 3 is 2.33 bits per heavy atom. The fourth-order valence-corrected chi connectivity index (χ4v) is 4.05. The third-order valence-corrected chi connectivity index (χ3v) is 5.88. The van der Waals surface area contributed by atoms with Crippen LogP contribution in [0.3, 0.4) is 0 Å². The number of H-pyrrole nitrogens is 1. The van der Waals surface area contributed by atoms with E-state index in [4.69, 9.17) is 14.2 Å². The summed E-state index contributed by atoms with van der Waals surface area (Å²) in [5.41, 5.74) is -0.286. The van der Waals surface area contributed by atoms with Crippen LogP contribution in [0.2, 0.25) is 0 Å². The average Bonchev–Trinajstić information content (AvgIpc) is 3.30. The highest BCUT2D eigenvalue weighted by atomic mass is 16.6. The number of carbonyl (C=O) groups is 3. The quantitative estimate of drug-likeness (QED) is 0.518. The Balaban J connectivity index is 1.62. The molecule has 1 N–H and O–H groups in total. The molecule has 0 aliphatic carbocycles. The molecule has 10 heteroatoms. The van der Waals surface area contributed by atoms with Crippen LogP contribution in [0.25, 0.3) is 0 Å². The zero-order valence-corrected chi connectivity index (χ0v) is 19.8. The van der Waals surface area contributed by atoms with Crippen molar-refractivity contribution in [3.05, 3.63) is 93.7 Å². The smallest absolute Gasteiger partial charge is 0.410 e. The van der Waals surface area contributed by atoms with Gasteiger partial charge in [0.25, 0.3) is 5.56 Å². The van der Waals surface area contributed by atoms with E-state index >= 15 is 0 Å². The van der Waals surface area contributed by atoms with Crippen molar-refractivity contribution >= 4 is 18.0 Å². The number of likely N-dealkylation sites (tertiary alicyclic amines) is 1. The summed E-state index contributed by atoms with van der Waals surface area (Å²) in [6, 6.07) is 16.4. The number of amides is 1. The number of aromatic nitrogens is 2. The van der Waals surface area contributed by atoms with Crippen molar-refractivity contribution < 1.29 is 28.6 Å². The van der Waals surface area contributed by atoms with Gasteiger partial charge in [-0.1, -0.05) is 48.5 Å². The first-order valence-corrected chi connectivity index (χ1v) is 11.4. The van der Waals surface area contributed by atoms with Crippen molar-refractivity contribution in [2.45, 2.75) is 38.5 Å². The summed E-state index contributed by atoms with van der Waals surface area (Å²) in [5, 5.41) is 0. The van der Waals surface area contributed by atoms with E-state index in [0.717, 1.165) is 12.7 Å². The van der Waals surface area contributed by atoms with E-state index in [0.29, 0.717) is 12.8 Å². The lowest BCUT2D eigenvalue weighted by molar-refractivity contribution is 0.0583. The maximum absolute atomic E-state index is 13.0. The topological polar surface area (TPSA) is 128 Å². The summed E-state index contributed by atoms with van der Waals surface area (Å²) in [5.74, 6) is -2.30. The Kier molecular flexibility index (Phi) is 7.43. The van der Waals surface area contributed by atoms with Gasteiger partial charge >= 0.3 is 18.0 Å². The summed E-state index contributed by atoms with van der Waals surface area (Å²) in [4.78, 5) is 59.2. The van der Waals surface area contributed by atoms with Crippen LogP contribution in [-0.4, -0.2) is 46.1 Å². The summed E-state index contributed by atoms with van der Waals surface area (Å²) < 4.78 is 15.5. The van der Waals surface area contributed by atoms with E-state index in [9.17, 15) is 19.2 Å². The van der Waals surface area contributed by atoms with Crippen LogP contribution in [-0.2, 0) is 16.1 Å². The van der Waals surface area contributed by atoms with Gasteiger partial charge in [-0.2, -0.15) is 0 Å². The molecular formula is C26H25N3O7. The van der Waals surface area contributed by atoms with E-state index in [1.807, 2.05) is 37.3 Å². The highest BCUT2D eigenvalue weighted by Crippen LogP contribution is 2.35. The van der Waals surface area contributed by atoms with Crippen molar-refractivity contribution in [1.82, 2.24) is 14.9 Å². The molecule has 0 bridgehead atoms. The number of carbonyl (C=O) groups excluding carboxylic acids is 3. The lowest BCUT2D eigenvalue weighted by Crippen LogP contribution is -2.38. The maximum Gasteiger partial charge on any atom is 0.410 e. The first kappa shape index (κ1) is 24.6. The Morgan fingerprint density at radius 1 is 1.00 bits per heavy atom. The number of methoxy groups -OCH3 is 1. The molecule has 1 aliphatic heterocycles. The molecule has 2 atom stereocenters. The number of hydrogen-bond donors (Lipinski definition) is 1. The molecule has 1 aromatic heterocycles. The third kappa shape index (κ3) is 5.27. The van der Waals surface area contributed by atoms with Gasteiger partial charge in [-0.3, -0.25) is 9.69 Å². The Labute approximate surface area is 206 Å². The number of nitrogens with one attached hydrogen (secondary N) is 1. The first-order chi connectivity index (χ1) is 17.4. The molecule has 0 saturated carbocycles. The Morgan fingerprint density at radius 2 is 1.67 bits per heavy atom. The molecule has 1 unspecified atom stereocenters. The van der Waals surface area contributed by atoms with Crippen LogP contribution in [0, 0.1) is 0 Å². The number of hydrogen-bond acceptors (Lipinski definition) is 8. The first-order valence-electron chi connectivity index (χ1n) is 11.4. The normalized spacial score (nSPS) is 16.9. The van der Waals surface area contributed by atoms with E-state index in [1.165, 1.54) is 17.0 Å². The van der Waals surface area contributed by atoms with Gasteiger partial charge in [-0.05, 0) is 37.5 Å². The van der Waals surface area contributed by atoms with Crippen LogP contribution in [0.5, 0.6) is 5.75 Å². The minimum absolute atomic E-state index is 0.0703. The molecule has 2 aromatic carbocycles. The van der Waals surface area contributed by atoms with Crippen molar-refractivity contribution in [3.8, 4) is 5.75 Å². The van der Waals surface area contributed by atoms with E-state index in [1.54, 1.807) is 18.2 Å². The number of nitrogens with zero attached hydrogens (tertiary/aromatic N) is 2. The second-order valence-corrected chi connectivity index (χ2v) is 8.27. The summed E-state index contributed by atoms with van der Waals surface area (Å²) in [7, 11) is 1.12. The minimum atomic E-state index is -0.956. The Bertz CT molecular complexity index is 1310. The molecule has 1 fully saturated rings. The van der Waals surface area contributed by atoms with Crippen LogP contribution in [0.1, 0.15) is 58.0 Å². The molecule has 36 heavy (non-hydrogen) atoms. The zero-order chi connectivity index (χ0) is 25.7. The van der Waals surface area contributed by atoms with Gasteiger partial charge in [0.15, 0.2) is 5.69 Å². The standard InChI is InChI=1S/C26H25N3O7/c1-16-13-14-19(29(16)26(33)35-15-17-9-5-3-6-10-17)22-27-20(25(32)34-2)21(23(30)28-22)36-24(31)18-11-7-4-8-12-18/h3-12,16,19H,13-15H2,1-2H3,(H,27,28,30)/t16?,19-/m0/s1. The summed E-state index contributed by atoms with van der Waals surface area (Å²) >= 11 is 0. The minimum Gasteiger partial charge on any atom is -0.464 e. The van der Waals surface area contributed by atoms with Crippen molar-refractivity contribution in [2.75, 3.05) is 7.11 Å². The molecule has 0 spiro atoms. The van der Waals surface area contributed by atoms with Crippen LogP contribution in [0.4, 0.5) is 4.79 Å². The molecule has 1 saturated heterocycles. The number of benzene rings is 2. The van der Waals surface area contributed by atoms with Gasteiger partial charge in [0.05, 0.1) is 18.7 Å². The van der Waals surface area contributed by atoms with Gasteiger partial charge < -0.3 is 19.2 Å². The molecule has 10 nitrogen and oxygen atoms in total. The fraction of sp³-hybridized carbons (Fsp3) is 0.269. The van der Waals surface area contributed by atoms with Crippen LogP contribution < -0.4 is 10.3 Å². The SMILES string of the molecule is COC(=O)c1nc([C@@H]2CCC(C)N2C(=O)OCc2ccccc2)[nH]c(=O)c1OC(=O)c1ccccc1. The van der Waals surface area contributed by atoms with E-state index in [-0.39, 0.29) is 24.0 Å². The fourth-order valence-electron chi connectivity index (χ4n) is 4.05. The predicted octanol–water partition coefficient (Wildman–Crippen LogP) is 3.64. The van der Waals surface area contributed by atoms with Gasteiger partial charge in [0, 0.05) is 6.04 Å². The molecule has 1 amide bonds.